The van der Waals surface area contributed by atoms with Gasteiger partial charge in [0.2, 0.25) is 0 Å². The zero-order valence-electron chi connectivity index (χ0n) is 11.2. The monoisotopic (exact) mass is 280 g/mol. The van der Waals surface area contributed by atoms with Gasteiger partial charge in [0.15, 0.2) is 5.82 Å². The van der Waals surface area contributed by atoms with Crippen molar-refractivity contribution in [1.29, 1.82) is 0 Å². The molecule has 0 aliphatic carbocycles. The Labute approximate surface area is 115 Å². The van der Waals surface area contributed by atoms with Crippen LogP contribution in [0.2, 0.25) is 0 Å². The lowest BCUT2D eigenvalue weighted by molar-refractivity contribution is 0.586. The summed E-state index contributed by atoms with van der Waals surface area (Å²) in [5.74, 6) is -1.87. The van der Waals surface area contributed by atoms with Crippen LogP contribution in [0, 0.1) is 24.4 Å². The minimum atomic E-state index is -0.824. The second-order valence-corrected chi connectivity index (χ2v) is 4.72. The van der Waals surface area contributed by atoms with Gasteiger partial charge >= 0.3 is 0 Å². The van der Waals surface area contributed by atoms with Crippen LogP contribution in [0.1, 0.15) is 24.1 Å². The summed E-state index contributed by atoms with van der Waals surface area (Å²) < 4.78 is 40.0. The number of hydrogen-bond donors (Lipinski definition) is 2. The Kier molecular flexibility index (Phi) is 3.88. The van der Waals surface area contributed by atoms with E-state index in [1.54, 1.807) is 26.0 Å². The van der Waals surface area contributed by atoms with Gasteiger partial charge in [-0.15, -0.1) is 0 Å². The molecule has 0 amide bonds. The molecule has 20 heavy (non-hydrogen) atoms. The third-order valence-electron chi connectivity index (χ3n) is 3.16. The summed E-state index contributed by atoms with van der Waals surface area (Å²) in [5.41, 5.74) is 6.74. The fourth-order valence-corrected chi connectivity index (χ4v) is 1.90. The lowest BCUT2D eigenvalue weighted by Crippen LogP contribution is -2.10. The average molecular weight is 280 g/mol. The van der Waals surface area contributed by atoms with Gasteiger partial charge in [0.1, 0.15) is 11.6 Å². The maximum Gasteiger partial charge on any atom is 0.151 e. The van der Waals surface area contributed by atoms with Crippen LogP contribution < -0.4 is 11.1 Å². The molecule has 0 saturated heterocycles. The topological polar surface area (TPSA) is 38.0 Å². The summed E-state index contributed by atoms with van der Waals surface area (Å²) in [4.78, 5) is 0. The Morgan fingerprint density at radius 1 is 1.05 bits per heavy atom. The predicted molar refractivity (Wildman–Crippen MR) is 73.9 cm³/mol. The van der Waals surface area contributed by atoms with Gasteiger partial charge in [-0.3, -0.25) is 0 Å². The molecule has 0 aliphatic heterocycles. The summed E-state index contributed by atoms with van der Waals surface area (Å²) in [5, 5.41) is 2.88. The largest absolute Gasteiger partial charge is 0.395 e. The molecule has 2 aromatic rings. The molecular weight excluding hydrogens is 265 g/mol. The standard InChI is InChI=1S/C15H15F3N2/c1-8-3-4-10(5-12(8)17)9(2)20-14-7-11(16)6-13(18)15(14)19/h3-7,9,20H,19H2,1-2H3. The van der Waals surface area contributed by atoms with Gasteiger partial charge in [0.05, 0.1) is 11.4 Å². The third kappa shape index (κ3) is 2.87. The first-order valence-corrected chi connectivity index (χ1v) is 6.15. The van der Waals surface area contributed by atoms with E-state index in [0.717, 1.165) is 12.1 Å². The first-order chi connectivity index (χ1) is 9.38. The molecule has 0 saturated carbocycles. The fraction of sp³-hybridized carbons (Fsp3) is 0.200. The molecule has 0 fully saturated rings. The van der Waals surface area contributed by atoms with Crippen LogP contribution in [0.5, 0.6) is 0 Å². The number of nitrogen functional groups attached to an aromatic ring is 1. The van der Waals surface area contributed by atoms with Crippen molar-refractivity contribution in [3.05, 3.63) is 58.9 Å². The molecule has 0 aliphatic rings. The van der Waals surface area contributed by atoms with Gasteiger partial charge in [0.25, 0.3) is 0 Å². The maximum absolute atomic E-state index is 13.5. The molecule has 5 heteroatoms. The highest BCUT2D eigenvalue weighted by molar-refractivity contribution is 5.67. The van der Waals surface area contributed by atoms with Crippen LogP contribution in [-0.4, -0.2) is 0 Å². The molecule has 0 aromatic heterocycles. The quantitative estimate of drug-likeness (QED) is 0.828. The molecule has 0 bridgehead atoms. The van der Waals surface area contributed by atoms with E-state index in [4.69, 9.17) is 5.73 Å². The van der Waals surface area contributed by atoms with Crippen molar-refractivity contribution in [1.82, 2.24) is 0 Å². The van der Waals surface area contributed by atoms with Crippen LogP contribution >= 0.6 is 0 Å². The third-order valence-corrected chi connectivity index (χ3v) is 3.16. The minimum absolute atomic E-state index is 0.149. The van der Waals surface area contributed by atoms with Gasteiger partial charge < -0.3 is 11.1 Å². The number of benzene rings is 2. The van der Waals surface area contributed by atoms with E-state index in [-0.39, 0.29) is 23.2 Å². The molecule has 0 radical (unpaired) electrons. The number of halogens is 3. The zero-order valence-corrected chi connectivity index (χ0v) is 11.2. The maximum atomic E-state index is 13.5. The van der Waals surface area contributed by atoms with Crippen LogP contribution in [-0.2, 0) is 0 Å². The number of aryl methyl sites for hydroxylation is 1. The van der Waals surface area contributed by atoms with E-state index in [0.29, 0.717) is 11.1 Å². The Morgan fingerprint density at radius 2 is 1.75 bits per heavy atom. The normalized spacial score (nSPS) is 12.2. The van der Waals surface area contributed by atoms with Crippen LogP contribution in [0.25, 0.3) is 0 Å². The van der Waals surface area contributed by atoms with Crippen LogP contribution in [0.4, 0.5) is 24.5 Å². The zero-order chi connectivity index (χ0) is 14.9. The molecule has 2 nitrogen and oxygen atoms in total. The summed E-state index contributed by atoms with van der Waals surface area (Å²) in [6.07, 6.45) is 0. The van der Waals surface area contributed by atoms with Crippen molar-refractivity contribution < 1.29 is 13.2 Å². The smallest absolute Gasteiger partial charge is 0.151 e. The molecular formula is C15H15F3N2. The van der Waals surface area contributed by atoms with Crippen LogP contribution in [0.15, 0.2) is 30.3 Å². The summed E-state index contributed by atoms with van der Waals surface area (Å²) in [6.45, 7) is 3.42. The SMILES string of the molecule is Cc1ccc(C(C)Nc2cc(F)cc(F)c2N)cc1F. The average Bonchev–Trinajstić information content (AvgIpc) is 2.38. The van der Waals surface area contributed by atoms with Gasteiger partial charge in [-0.1, -0.05) is 12.1 Å². The summed E-state index contributed by atoms with van der Waals surface area (Å²) in [7, 11) is 0. The van der Waals surface area contributed by atoms with E-state index < -0.39 is 11.6 Å². The fourth-order valence-electron chi connectivity index (χ4n) is 1.90. The molecule has 3 N–H and O–H groups in total. The minimum Gasteiger partial charge on any atom is -0.395 e. The van der Waals surface area contributed by atoms with E-state index >= 15 is 0 Å². The van der Waals surface area contributed by atoms with E-state index in [9.17, 15) is 13.2 Å². The number of hydrogen-bond acceptors (Lipinski definition) is 2. The van der Waals surface area contributed by atoms with Gasteiger partial charge in [-0.25, -0.2) is 13.2 Å². The molecule has 2 rings (SSSR count). The molecule has 106 valence electrons. The Balaban J connectivity index is 2.27. The van der Waals surface area contributed by atoms with Crippen molar-refractivity contribution in [3.63, 3.8) is 0 Å². The molecule has 1 unspecified atom stereocenters. The molecule has 0 spiro atoms. The molecule has 2 aromatic carbocycles. The highest BCUT2D eigenvalue weighted by Crippen LogP contribution is 2.28. The number of nitrogens with one attached hydrogen (secondary N) is 1. The first kappa shape index (κ1) is 14.2. The van der Waals surface area contributed by atoms with E-state index in [2.05, 4.69) is 5.32 Å². The van der Waals surface area contributed by atoms with Gasteiger partial charge in [-0.2, -0.15) is 0 Å². The number of anilines is 2. The Morgan fingerprint density at radius 3 is 2.40 bits per heavy atom. The summed E-state index contributed by atoms with van der Waals surface area (Å²) >= 11 is 0. The lowest BCUT2D eigenvalue weighted by atomic mass is 10.1. The number of rotatable bonds is 3. The first-order valence-electron chi connectivity index (χ1n) is 6.15. The number of nitrogens with two attached hydrogens (primary N) is 1. The van der Waals surface area contributed by atoms with Crippen molar-refractivity contribution in [2.24, 2.45) is 0 Å². The van der Waals surface area contributed by atoms with Gasteiger partial charge in [0, 0.05) is 12.1 Å². The summed E-state index contributed by atoms with van der Waals surface area (Å²) in [6, 6.07) is 6.28. The van der Waals surface area contributed by atoms with Crippen molar-refractivity contribution in [2.75, 3.05) is 11.1 Å². The Bertz CT molecular complexity index is 641. The lowest BCUT2D eigenvalue weighted by Gasteiger charge is -2.18. The second-order valence-electron chi connectivity index (χ2n) is 4.72. The molecule has 1 atom stereocenters. The highest BCUT2D eigenvalue weighted by Gasteiger charge is 2.12. The van der Waals surface area contributed by atoms with Crippen LogP contribution in [0.3, 0.4) is 0 Å². The van der Waals surface area contributed by atoms with Gasteiger partial charge in [-0.05, 0) is 37.1 Å². The highest BCUT2D eigenvalue weighted by atomic mass is 19.1. The van der Waals surface area contributed by atoms with E-state index in [1.807, 2.05) is 0 Å². The second kappa shape index (κ2) is 5.45. The van der Waals surface area contributed by atoms with Crippen molar-refractivity contribution >= 4 is 11.4 Å². The van der Waals surface area contributed by atoms with E-state index in [1.165, 1.54) is 6.07 Å². The predicted octanol–water partition coefficient (Wildman–Crippen LogP) is 4.17. The van der Waals surface area contributed by atoms with Crippen molar-refractivity contribution in [2.45, 2.75) is 19.9 Å². The molecule has 0 heterocycles. The van der Waals surface area contributed by atoms with Crippen molar-refractivity contribution in [3.8, 4) is 0 Å². The Hall–Kier alpha value is -2.17.